The average Bonchev–Trinajstić information content (AvgIpc) is 2.66. The molecule has 1 fully saturated rings. The van der Waals surface area contributed by atoms with E-state index in [1.54, 1.807) is 12.3 Å². The Hall–Kier alpha value is -2.30. The van der Waals surface area contributed by atoms with Gasteiger partial charge in [-0.3, -0.25) is 9.91 Å². The summed E-state index contributed by atoms with van der Waals surface area (Å²) in [5, 5.41) is 17.7. The van der Waals surface area contributed by atoms with Gasteiger partial charge in [0.1, 0.15) is 5.75 Å². The lowest BCUT2D eigenvalue weighted by Crippen LogP contribution is -2.43. The van der Waals surface area contributed by atoms with Crippen LogP contribution in [-0.2, 0) is 13.0 Å². The molecule has 0 bridgehead atoms. The monoisotopic (exact) mass is 369 g/mol. The lowest BCUT2D eigenvalue weighted by Gasteiger charge is -2.33. The third kappa shape index (κ3) is 4.87. The summed E-state index contributed by atoms with van der Waals surface area (Å²) in [4.78, 5) is 2.41. The van der Waals surface area contributed by atoms with Crippen molar-refractivity contribution in [2.45, 2.75) is 13.0 Å². The number of rotatable bonds is 6. The Morgan fingerprint density at radius 2 is 1.81 bits per heavy atom. The lowest BCUT2D eigenvalue weighted by atomic mass is 10.1. The normalized spacial score (nSPS) is 15.5. The van der Waals surface area contributed by atoms with Crippen LogP contribution in [0.15, 0.2) is 60.2 Å². The van der Waals surface area contributed by atoms with Gasteiger partial charge in [-0.25, -0.2) is 0 Å². The van der Waals surface area contributed by atoms with Crippen molar-refractivity contribution >= 4 is 17.8 Å². The van der Waals surface area contributed by atoms with Gasteiger partial charge in [0.2, 0.25) is 0 Å². The van der Waals surface area contributed by atoms with E-state index >= 15 is 0 Å². The standard InChI is InChI=1S/C21H24ClN3O/c1-2-4-18-5-3-6-19(21(18)26)15-23-25-13-11-24(12-14-25)16-17-7-9-20(22)10-8-17/h2-3,5-10,15,26H,1,4,11-14,16H2/b23-15+. The number of hydrazone groups is 1. The fraction of sp³-hybridized carbons (Fsp3) is 0.286. The van der Waals surface area contributed by atoms with E-state index in [0.717, 1.165) is 48.9 Å². The van der Waals surface area contributed by atoms with E-state index in [-0.39, 0.29) is 5.75 Å². The van der Waals surface area contributed by atoms with E-state index in [0.29, 0.717) is 6.42 Å². The van der Waals surface area contributed by atoms with Crippen LogP contribution < -0.4 is 0 Å². The van der Waals surface area contributed by atoms with E-state index < -0.39 is 0 Å². The summed E-state index contributed by atoms with van der Waals surface area (Å²) in [6.45, 7) is 8.32. The molecule has 0 saturated carbocycles. The Kier molecular flexibility index (Phi) is 6.31. The van der Waals surface area contributed by atoms with Gasteiger partial charge < -0.3 is 5.11 Å². The second-order valence-electron chi connectivity index (χ2n) is 6.45. The summed E-state index contributed by atoms with van der Waals surface area (Å²) in [5.74, 6) is 0.289. The molecular formula is C21H24ClN3O. The zero-order chi connectivity index (χ0) is 18.4. The number of nitrogens with zero attached hydrogens (tertiary/aromatic N) is 3. The number of para-hydroxylation sites is 1. The fourth-order valence-corrected chi connectivity index (χ4v) is 3.16. The molecule has 0 aliphatic carbocycles. The van der Waals surface area contributed by atoms with E-state index in [1.807, 2.05) is 30.3 Å². The minimum Gasteiger partial charge on any atom is -0.507 e. The van der Waals surface area contributed by atoms with Crippen LogP contribution in [0.4, 0.5) is 0 Å². The number of hydrogen-bond acceptors (Lipinski definition) is 4. The van der Waals surface area contributed by atoms with Crippen molar-refractivity contribution in [1.82, 2.24) is 9.91 Å². The Bertz CT molecular complexity index is 765. The van der Waals surface area contributed by atoms with Gasteiger partial charge in [-0.2, -0.15) is 5.10 Å². The van der Waals surface area contributed by atoms with Crippen molar-refractivity contribution in [3.8, 4) is 5.75 Å². The SMILES string of the molecule is C=CCc1cccc(/C=N/N2CCN(Cc3ccc(Cl)cc3)CC2)c1O. The first-order valence-corrected chi connectivity index (χ1v) is 9.21. The molecule has 26 heavy (non-hydrogen) atoms. The van der Waals surface area contributed by atoms with Crippen molar-refractivity contribution in [1.29, 1.82) is 0 Å². The Labute approximate surface area is 160 Å². The van der Waals surface area contributed by atoms with Crippen LogP contribution >= 0.6 is 11.6 Å². The Morgan fingerprint density at radius 3 is 2.50 bits per heavy atom. The number of piperazine rings is 1. The fourth-order valence-electron chi connectivity index (χ4n) is 3.04. The highest BCUT2D eigenvalue weighted by Gasteiger charge is 2.15. The van der Waals surface area contributed by atoms with Gasteiger partial charge in [0.15, 0.2) is 0 Å². The zero-order valence-corrected chi connectivity index (χ0v) is 15.6. The van der Waals surface area contributed by atoms with Gasteiger partial charge in [0, 0.05) is 43.3 Å². The summed E-state index contributed by atoms with van der Waals surface area (Å²) >= 11 is 5.94. The van der Waals surface area contributed by atoms with Crippen LogP contribution in [0.3, 0.4) is 0 Å². The van der Waals surface area contributed by atoms with Gasteiger partial charge >= 0.3 is 0 Å². The maximum Gasteiger partial charge on any atom is 0.127 e. The average molecular weight is 370 g/mol. The lowest BCUT2D eigenvalue weighted by molar-refractivity contribution is 0.131. The van der Waals surface area contributed by atoms with E-state index in [4.69, 9.17) is 11.6 Å². The van der Waals surface area contributed by atoms with Crippen molar-refractivity contribution in [3.05, 3.63) is 76.8 Å². The van der Waals surface area contributed by atoms with Crippen molar-refractivity contribution in [2.75, 3.05) is 26.2 Å². The second kappa shape index (κ2) is 8.88. The zero-order valence-electron chi connectivity index (χ0n) is 14.8. The highest BCUT2D eigenvalue weighted by Crippen LogP contribution is 2.22. The molecule has 0 aromatic heterocycles. The highest BCUT2D eigenvalue weighted by molar-refractivity contribution is 6.30. The minimum absolute atomic E-state index is 0.289. The first-order valence-electron chi connectivity index (χ1n) is 8.83. The topological polar surface area (TPSA) is 39.1 Å². The number of allylic oxidation sites excluding steroid dienone is 1. The van der Waals surface area contributed by atoms with Gasteiger partial charge in [0.05, 0.1) is 6.21 Å². The molecule has 0 atom stereocenters. The quantitative estimate of drug-likeness (QED) is 0.619. The number of benzene rings is 2. The number of hydrogen-bond donors (Lipinski definition) is 1. The number of phenolic OH excluding ortho intramolecular Hbond substituents is 1. The van der Waals surface area contributed by atoms with Crippen molar-refractivity contribution < 1.29 is 5.11 Å². The number of aromatic hydroxyl groups is 1. The van der Waals surface area contributed by atoms with Gasteiger partial charge in [-0.05, 0) is 35.7 Å². The first kappa shape index (κ1) is 18.5. The molecule has 1 saturated heterocycles. The molecule has 0 spiro atoms. The summed E-state index contributed by atoms with van der Waals surface area (Å²) < 4.78 is 0. The van der Waals surface area contributed by atoms with Crippen LogP contribution in [0.2, 0.25) is 5.02 Å². The first-order chi connectivity index (χ1) is 12.7. The highest BCUT2D eigenvalue weighted by atomic mass is 35.5. The van der Waals surface area contributed by atoms with E-state index in [2.05, 4.69) is 33.7 Å². The molecule has 2 aromatic carbocycles. The molecule has 1 N–H and O–H groups in total. The molecule has 0 radical (unpaired) electrons. The summed E-state index contributed by atoms with van der Waals surface area (Å²) in [6, 6.07) is 13.7. The van der Waals surface area contributed by atoms with Gasteiger partial charge in [-0.1, -0.05) is 41.9 Å². The van der Waals surface area contributed by atoms with Gasteiger partial charge in [-0.15, -0.1) is 6.58 Å². The van der Waals surface area contributed by atoms with Gasteiger partial charge in [0.25, 0.3) is 0 Å². The molecular weight excluding hydrogens is 346 g/mol. The molecule has 1 aliphatic heterocycles. The third-order valence-electron chi connectivity index (χ3n) is 4.54. The number of halogens is 1. The van der Waals surface area contributed by atoms with Crippen LogP contribution in [0.5, 0.6) is 5.75 Å². The van der Waals surface area contributed by atoms with Crippen LogP contribution in [0, 0.1) is 0 Å². The second-order valence-corrected chi connectivity index (χ2v) is 6.89. The summed E-state index contributed by atoms with van der Waals surface area (Å²) in [6.07, 6.45) is 4.18. The summed E-state index contributed by atoms with van der Waals surface area (Å²) in [5.41, 5.74) is 2.89. The van der Waals surface area contributed by atoms with Crippen LogP contribution in [0.25, 0.3) is 0 Å². The molecule has 2 aromatic rings. The molecule has 4 nitrogen and oxygen atoms in total. The molecule has 1 aliphatic rings. The van der Waals surface area contributed by atoms with E-state index in [9.17, 15) is 5.11 Å². The van der Waals surface area contributed by atoms with Crippen LogP contribution in [-0.4, -0.2) is 47.4 Å². The minimum atomic E-state index is 0.289. The van der Waals surface area contributed by atoms with Crippen molar-refractivity contribution in [3.63, 3.8) is 0 Å². The Balaban J connectivity index is 1.54. The Morgan fingerprint density at radius 1 is 1.08 bits per heavy atom. The predicted molar refractivity (Wildman–Crippen MR) is 108 cm³/mol. The summed E-state index contributed by atoms with van der Waals surface area (Å²) in [7, 11) is 0. The maximum atomic E-state index is 10.3. The van der Waals surface area contributed by atoms with Crippen molar-refractivity contribution in [2.24, 2.45) is 5.10 Å². The maximum absolute atomic E-state index is 10.3. The van der Waals surface area contributed by atoms with E-state index in [1.165, 1.54) is 5.56 Å². The molecule has 5 heteroatoms. The molecule has 0 amide bonds. The molecule has 136 valence electrons. The molecule has 0 unspecified atom stereocenters. The largest absolute Gasteiger partial charge is 0.507 e. The molecule has 3 rings (SSSR count). The molecule has 1 heterocycles. The predicted octanol–water partition coefficient (Wildman–Crippen LogP) is 3.93. The third-order valence-corrected chi connectivity index (χ3v) is 4.80. The van der Waals surface area contributed by atoms with Crippen LogP contribution in [0.1, 0.15) is 16.7 Å². The smallest absolute Gasteiger partial charge is 0.127 e. The number of phenols is 1.